The fourth-order valence-electron chi connectivity index (χ4n) is 3.37. The number of thioether (sulfide) groups is 1. The number of aromatic nitrogens is 2. The lowest BCUT2D eigenvalue weighted by atomic mass is 9.94. The number of aryl methyl sites for hydroxylation is 1. The van der Waals surface area contributed by atoms with Gasteiger partial charge in [-0.15, -0.1) is 0 Å². The van der Waals surface area contributed by atoms with Gasteiger partial charge in [0.2, 0.25) is 5.91 Å². The van der Waals surface area contributed by atoms with E-state index in [1.165, 1.54) is 19.3 Å². The Balaban J connectivity index is 1.70. The van der Waals surface area contributed by atoms with Crippen molar-refractivity contribution in [1.29, 1.82) is 0 Å². The van der Waals surface area contributed by atoms with Gasteiger partial charge >= 0.3 is 0 Å². The largest absolute Gasteiger partial charge is 0.342 e. The molecule has 0 aliphatic heterocycles. The summed E-state index contributed by atoms with van der Waals surface area (Å²) in [4.78, 5) is 19.4. The quantitative estimate of drug-likeness (QED) is 0.799. The summed E-state index contributed by atoms with van der Waals surface area (Å²) in [6.45, 7) is 1.99. The summed E-state index contributed by atoms with van der Waals surface area (Å²) in [5, 5.41) is 0.793. The molecule has 1 aromatic carbocycles. The Labute approximate surface area is 142 Å². The van der Waals surface area contributed by atoms with Gasteiger partial charge in [0, 0.05) is 20.1 Å². The normalized spacial score (nSPS) is 17.3. The summed E-state index contributed by atoms with van der Waals surface area (Å²) >= 11 is 1.56. The molecule has 1 unspecified atom stereocenters. The number of nitrogens with zero attached hydrogens (tertiary/aromatic N) is 3. The highest BCUT2D eigenvalue weighted by molar-refractivity contribution is 8.00. The van der Waals surface area contributed by atoms with Gasteiger partial charge in [-0.1, -0.05) is 43.2 Å². The maximum Gasteiger partial charge on any atom is 0.235 e. The number of imidazole rings is 1. The van der Waals surface area contributed by atoms with E-state index in [9.17, 15) is 4.79 Å². The highest BCUT2D eigenvalue weighted by Crippen LogP contribution is 2.29. The third-order valence-corrected chi connectivity index (χ3v) is 5.98. The Morgan fingerprint density at radius 3 is 2.70 bits per heavy atom. The average Bonchev–Trinajstić information content (AvgIpc) is 2.90. The van der Waals surface area contributed by atoms with Crippen LogP contribution in [0.25, 0.3) is 11.0 Å². The van der Waals surface area contributed by atoms with Crippen LogP contribution in [-0.4, -0.2) is 38.7 Å². The van der Waals surface area contributed by atoms with Crippen LogP contribution in [0.4, 0.5) is 0 Å². The van der Waals surface area contributed by atoms with Crippen molar-refractivity contribution in [3.05, 3.63) is 24.3 Å². The number of hydrogen-bond acceptors (Lipinski definition) is 3. The zero-order valence-corrected chi connectivity index (χ0v) is 15.0. The van der Waals surface area contributed by atoms with Crippen molar-refractivity contribution in [2.45, 2.75) is 55.5 Å². The van der Waals surface area contributed by atoms with Crippen LogP contribution in [-0.2, 0) is 11.8 Å². The van der Waals surface area contributed by atoms with Crippen LogP contribution in [0.1, 0.15) is 39.0 Å². The molecule has 1 saturated carbocycles. The number of carbonyl (C=O) groups excluding carboxylic acids is 1. The van der Waals surface area contributed by atoms with Crippen LogP contribution < -0.4 is 0 Å². The summed E-state index contributed by atoms with van der Waals surface area (Å²) in [5.74, 6) is 0.217. The molecule has 5 heteroatoms. The van der Waals surface area contributed by atoms with E-state index >= 15 is 0 Å². The third-order valence-electron chi connectivity index (χ3n) is 4.85. The highest BCUT2D eigenvalue weighted by Gasteiger charge is 2.27. The number of amides is 1. The van der Waals surface area contributed by atoms with Crippen molar-refractivity contribution in [3.8, 4) is 0 Å². The van der Waals surface area contributed by atoms with Crippen molar-refractivity contribution in [2.75, 3.05) is 7.05 Å². The van der Waals surface area contributed by atoms with E-state index < -0.39 is 0 Å². The van der Waals surface area contributed by atoms with Gasteiger partial charge < -0.3 is 9.47 Å². The van der Waals surface area contributed by atoms with Crippen LogP contribution in [0, 0.1) is 0 Å². The lowest BCUT2D eigenvalue weighted by Crippen LogP contribution is -2.42. The lowest BCUT2D eigenvalue weighted by Gasteiger charge is -2.32. The molecular formula is C18H25N3OS. The molecule has 1 aliphatic rings. The molecule has 1 amide bonds. The monoisotopic (exact) mass is 331 g/mol. The molecule has 4 nitrogen and oxygen atoms in total. The molecular weight excluding hydrogens is 306 g/mol. The number of hydrogen-bond donors (Lipinski definition) is 0. The predicted octanol–water partition coefficient (Wildman–Crippen LogP) is 3.85. The summed E-state index contributed by atoms with van der Waals surface area (Å²) in [7, 11) is 3.98. The number of carbonyl (C=O) groups is 1. The first-order chi connectivity index (χ1) is 11.1. The lowest BCUT2D eigenvalue weighted by molar-refractivity contribution is -0.131. The Morgan fingerprint density at radius 2 is 2.00 bits per heavy atom. The van der Waals surface area contributed by atoms with Gasteiger partial charge in [0.1, 0.15) is 0 Å². The van der Waals surface area contributed by atoms with Gasteiger partial charge in [-0.05, 0) is 31.9 Å². The minimum absolute atomic E-state index is 0.113. The van der Waals surface area contributed by atoms with Gasteiger partial charge in [0.15, 0.2) is 5.16 Å². The molecule has 0 saturated heterocycles. The number of para-hydroxylation sites is 2. The molecule has 1 fully saturated rings. The van der Waals surface area contributed by atoms with Gasteiger partial charge in [-0.3, -0.25) is 4.79 Å². The molecule has 0 N–H and O–H groups in total. The van der Waals surface area contributed by atoms with Crippen LogP contribution in [0.2, 0.25) is 0 Å². The maximum absolute atomic E-state index is 12.7. The zero-order chi connectivity index (χ0) is 16.4. The molecule has 0 radical (unpaired) electrons. The van der Waals surface area contributed by atoms with E-state index in [2.05, 4.69) is 15.6 Å². The standard InChI is InChI=1S/C18H25N3OS/c1-13(17(22)20(2)14-9-5-4-6-10-14)23-18-19-15-11-7-8-12-16(15)21(18)3/h7-8,11-14H,4-6,9-10H2,1-3H3. The Bertz CT molecular complexity index is 691. The van der Waals surface area contributed by atoms with Crippen molar-refractivity contribution in [1.82, 2.24) is 14.5 Å². The topological polar surface area (TPSA) is 38.1 Å². The van der Waals surface area contributed by atoms with Gasteiger partial charge in [-0.2, -0.15) is 0 Å². The molecule has 3 rings (SSSR count). The SMILES string of the molecule is CC(Sc1nc2ccccc2n1C)C(=O)N(C)C1CCCCC1. The van der Waals surface area contributed by atoms with Crippen LogP contribution in [0.3, 0.4) is 0 Å². The highest BCUT2D eigenvalue weighted by atomic mass is 32.2. The molecule has 2 aromatic rings. The van der Waals surface area contributed by atoms with Gasteiger partial charge in [0.25, 0.3) is 0 Å². The van der Waals surface area contributed by atoms with E-state index in [1.807, 2.05) is 44.1 Å². The van der Waals surface area contributed by atoms with Crippen molar-refractivity contribution in [2.24, 2.45) is 7.05 Å². The van der Waals surface area contributed by atoms with E-state index in [0.717, 1.165) is 29.0 Å². The fourth-order valence-corrected chi connectivity index (χ4v) is 4.36. The molecule has 124 valence electrons. The molecule has 1 aromatic heterocycles. The van der Waals surface area contributed by atoms with Gasteiger partial charge in [-0.25, -0.2) is 4.98 Å². The number of fused-ring (bicyclic) bond motifs is 1. The number of rotatable bonds is 4. The number of benzene rings is 1. The van der Waals surface area contributed by atoms with Crippen molar-refractivity contribution >= 4 is 28.7 Å². The Kier molecular flexibility index (Phi) is 4.95. The molecule has 1 aliphatic carbocycles. The van der Waals surface area contributed by atoms with Gasteiger partial charge in [0.05, 0.1) is 16.3 Å². The van der Waals surface area contributed by atoms with Crippen LogP contribution >= 0.6 is 11.8 Å². The second kappa shape index (κ2) is 6.95. The first-order valence-electron chi connectivity index (χ1n) is 8.42. The Hall–Kier alpha value is -1.49. The first-order valence-corrected chi connectivity index (χ1v) is 9.30. The molecule has 0 bridgehead atoms. The molecule has 0 spiro atoms. The first kappa shape index (κ1) is 16.4. The second-order valence-corrected chi connectivity index (χ2v) is 7.75. The average molecular weight is 331 g/mol. The van der Waals surface area contributed by atoms with Crippen molar-refractivity contribution in [3.63, 3.8) is 0 Å². The van der Waals surface area contributed by atoms with Crippen LogP contribution in [0.5, 0.6) is 0 Å². The molecule has 23 heavy (non-hydrogen) atoms. The minimum atomic E-state index is -0.113. The smallest absolute Gasteiger partial charge is 0.235 e. The van der Waals surface area contributed by atoms with E-state index in [4.69, 9.17) is 0 Å². The predicted molar refractivity (Wildman–Crippen MR) is 95.7 cm³/mol. The van der Waals surface area contributed by atoms with E-state index in [1.54, 1.807) is 11.8 Å². The van der Waals surface area contributed by atoms with Crippen molar-refractivity contribution < 1.29 is 4.79 Å². The maximum atomic E-state index is 12.7. The summed E-state index contributed by atoms with van der Waals surface area (Å²) in [6.07, 6.45) is 6.09. The molecule has 1 heterocycles. The Morgan fingerprint density at radius 1 is 1.30 bits per heavy atom. The van der Waals surface area contributed by atoms with Crippen LogP contribution in [0.15, 0.2) is 29.4 Å². The summed E-state index contributed by atoms with van der Waals surface area (Å²) in [5.41, 5.74) is 2.09. The summed E-state index contributed by atoms with van der Waals surface area (Å²) < 4.78 is 2.07. The van der Waals surface area contributed by atoms with E-state index in [0.29, 0.717) is 6.04 Å². The minimum Gasteiger partial charge on any atom is -0.342 e. The van der Waals surface area contributed by atoms with E-state index in [-0.39, 0.29) is 11.2 Å². The second-order valence-electron chi connectivity index (χ2n) is 6.44. The zero-order valence-electron chi connectivity index (χ0n) is 14.2. The third kappa shape index (κ3) is 3.39. The molecule has 1 atom stereocenters. The fraction of sp³-hybridized carbons (Fsp3) is 0.556. The summed E-state index contributed by atoms with van der Waals surface area (Å²) in [6, 6.07) is 8.51.